The maximum Gasteiger partial charge on any atom is 0.280 e. The van der Waals surface area contributed by atoms with Crippen LogP contribution in [0.25, 0.3) is 0 Å². The van der Waals surface area contributed by atoms with Gasteiger partial charge in [0.1, 0.15) is 5.82 Å². The molecule has 2 rings (SSSR count). The molecule has 2 amide bonds. The van der Waals surface area contributed by atoms with E-state index in [2.05, 4.69) is 9.97 Å². The van der Waals surface area contributed by atoms with Crippen LogP contribution in [0.4, 0.5) is 0 Å². The van der Waals surface area contributed by atoms with Gasteiger partial charge in [-0.1, -0.05) is 25.4 Å². The molecule has 0 N–H and O–H groups in total. The lowest BCUT2D eigenvalue weighted by Crippen LogP contribution is -2.33. The molecule has 1 fully saturated rings. The summed E-state index contributed by atoms with van der Waals surface area (Å²) in [6.45, 7) is 4.30. The van der Waals surface area contributed by atoms with Crippen LogP contribution in [0.15, 0.2) is 6.20 Å². The molecule has 0 radical (unpaired) electrons. The van der Waals surface area contributed by atoms with E-state index in [9.17, 15) is 9.59 Å². The van der Waals surface area contributed by atoms with Crippen molar-refractivity contribution in [1.82, 2.24) is 14.9 Å². The number of rotatable bonds is 2. The fourth-order valence-electron chi connectivity index (χ4n) is 1.80. The van der Waals surface area contributed by atoms with Crippen molar-refractivity contribution < 1.29 is 9.59 Å². The minimum atomic E-state index is -0.424. The van der Waals surface area contributed by atoms with Crippen molar-refractivity contribution in [2.75, 3.05) is 6.54 Å². The van der Waals surface area contributed by atoms with Crippen molar-refractivity contribution in [3.63, 3.8) is 0 Å². The number of hydrogen-bond donors (Lipinski definition) is 0. The molecule has 0 aliphatic carbocycles. The zero-order valence-corrected chi connectivity index (χ0v) is 11.1. The van der Waals surface area contributed by atoms with Gasteiger partial charge >= 0.3 is 0 Å². The number of nitrogens with zero attached hydrogens (tertiary/aromatic N) is 3. The summed E-state index contributed by atoms with van der Waals surface area (Å²) in [5.74, 6) is 0.0602. The summed E-state index contributed by atoms with van der Waals surface area (Å²) in [6, 6.07) is 0. The van der Waals surface area contributed by atoms with E-state index in [1.54, 1.807) is 0 Å². The van der Waals surface area contributed by atoms with Crippen LogP contribution in [0.1, 0.15) is 48.9 Å². The first kappa shape index (κ1) is 13.0. The summed E-state index contributed by atoms with van der Waals surface area (Å²) in [4.78, 5) is 33.2. The monoisotopic (exact) mass is 267 g/mol. The Balaban J connectivity index is 2.34. The van der Waals surface area contributed by atoms with E-state index in [4.69, 9.17) is 11.6 Å². The van der Waals surface area contributed by atoms with E-state index < -0.39 is 5.91 Å². The van der Waals surface area contributed by atoms with Crippen LogP contribution < -0.4 is 0 Å². The third kappa shape index (κ3) is 2.36. The highest BCUT2D eigenvalue weighted by molar-refractivity contribution is 6.33. The average molecular weight is 268 g/mol. The van der Waals surface area contributed by atoms with Crippen molar-refractivity contribution in [3.05, 3.63) is 22.7 Å². The van der Waals surface area contributed by atoms with Gasteiger partial charge in [0.05, 0.1) is 11.2 Å². The van der Waals surface area contributed by atoms with E-state index in [0.29, 0.717) is 25.2 Å². The summed E-state index contributed by atoms with van der Waals surface area (Å²) >= 11 is 5.94. The van der Waals surface area contributed by atoms with Crippen LogP contribution in [-0.4, -0.2) is 33.2 Å². The maximum atomic E-state index is 12.2. The topological polar surface area (TPSA) is 63.2 Å². The molecule has 18 heavy (non-hydrogen) atoms. The Hall–Kier alpha value is -1.49. The minimum Gasteiger partial charge on any atom is -0.277 e. The molecule has 0 spiro atoms. The van der Waals surface area contributed by atoms with Gasteiger partial charge in [0.25, 0.3) is 5.91 Å². The first-order chi connectivity index (χ1) is 8.50. The van der Waals surface area contributed by atoms with E-state index >= 15 is 0 Å². The van der Waals surface area contributed by atoms with Gasteiger partial charge in [0.2, 0.25) is 5.91 Å². The molecule has 1 aliphatic rings. The smallest absolute Gasteiger partial charge is 0.277 e. The zero-order chi connectivity index (χ0) is 13.3. The van der Waals surface area contributed by atoms with Crippen LogP contribution >= 0.6 is 11.6 Å². The summed E-state index contributed by atoms with van der Waals surface area (Å²) in [5.41, 5.74) is 0.116. The molecular weight excluding hydrogens is 254 g/mol. The normalized spacial score (nSPS) is 15.6. The van der Waals surface area contributed by atoms with Crippen LogP contribution in [0.5, 0.6) is 0 Å². The fourth-order valence-corrected chi connectivity index (χ4v) is 1.97. The highest BCUT2D eigenvalue weighted by atomic mass is 35.5. The first-order valence-electron chi connectivity index (χ1n) is 5.88. The SMILES string of the molecule is CC(C)c1ncc(Cl)c(C(=O)N2CCCC2=O)n1. The van der Waals surface area contributed by atoms with Gasteiger partial charge < -0.3 is 0 Å². The van der Waals surface area contributed by atoms with Crippen LogP contribution in [-0.2, 0) is 4.79 Å². The van der Waals surface area contributed by atoms with Crippen molar-refractivity contribution in [2.24, 2.45) is 0 Å². The van der Waals surface area contributed by atoms with Crippen molar-refractivity contribution >= 4 is 23.4 Å². The second kappa shape index (κ2) is 5.02. The van der Waals surface area contributed by atoms with Gasteiger partial charge in [-0.15, -0.1) is 0 Å². The number of imide groups is 1. The van der Waals surface area contributed by atoms with Crippen molar-refractivity contribution in [3.8, 4) is 0 Å². The summed E-state index contributed by atoms with van der Waals surface area (Å²) in [7, 11) is 0. The number of amides is 2. The molecule has 0 unspecified atom stereocenters. The highest BCUT2D eigenvalue weighted by Crippen LogP contribution is 2.20. The predicted molar refractivity (Wildman–Crippen MR) is 66.4 cm³/mol. The number of hydrogen-bond acceptors (Lipinski definition) is 4. The van der Waals surface area contributed by atoms with E-state index in [1.807, 2.05) is 13.8 Å². The van der Waals surface area contributed by atoms with Gasteiger partial charge in [-0.2, -0.15) is 0 Å². The lowest BCUT2D eigenvalue weighted by atomic mass is 10.2. The Labute approximate surface area is 110 Å². The molecule has 2 heterocycles. The lowest BCUT2D eigenvalue weighted by Gasteiger charge is -2.14. The zero-order valence-electron chi connectivity index (χ0n) is 10.3. The van der Waals surface area contributed by atoms with Gasteiger partial charge in [-0.3, -0.25) is 14.5 Å². The first-order valence-corrected chi connectivity index (χ1v) is 6.25. The second-order valence-electron chi connectivity index (χ2n) is 4.53. The Bertz CT molecular complexity index is 502. The van der Waals surface area contributed by atoms with Crippen LogP contribution in [0.3, 0.4) is 0 Å². The molecule has 0 bridgehead atoms. The van der Waals surface area contributed by atoms with Crippen molar-refractivity contribution in [2.45, 2.75) is 32.6 Å². The number of halogens is 1. The molecule has 1 aromatic heterocycles. The maximum absolute atomic E-state index is 12.2. The fraction of sp³-hybridized carbons (Fsp3) is 0.500. The van der Waals surface area contributed by atoms with E-state index in [-0.39, 0.29) is 22.5 Å². The Morgan fingerprint density at radius 2 is 2.22 bits per heavy atom. The molecule has 1 aromatic rings. The lowest BCUT2D eigenvalue weighted by molar-refractivity contribution is -0.125. The Morgan fingerprint density at radius 1 is 1.50 bits per heavy atom. The Morgan fingerprint density at radius 3 is 2.78 bits per heavy atom. The van der Waals surface area contributed by atoms with E-state index in [1.165, 1.54) is 11.1 Å². The van der Waals surface area contributed by atoms with Gasteiger partial charge in [0, 0.05) is 18.9 Å². The molecule has 5 nitrogen and oxygen atoms in total. The molecule has 0 saturated carbocycles. The highest BCUT2D eigenvalue weighted by Gasteiger charge is 2.29. The second-order valence-corrected chi connectivity index (χ2v) is 4.94. The Kier molecular flexibility index (Phi) is 3.61. The molecule has 1 saturated heterocycles. The number of likely N-dealkylation sites (tertiary alicyclic amines) is 1. The third-order valence-electron chi connectivity index (χ3n) is 2.80. The molecule has 0 aromatic carbocycles. The quantitative estimate of drug-likeness (QED) is 0.769. The number of aromatic nitrogens is 2. The molecule has 0 atom stereocenters. The van der Waals surface area contributed by atoms with Crippen molar-refractivity contribution in [1.29, 1.82) is 0 Å². The molecule has 1 aliphatic heterocycles. The number of carbonyl (C=O) groups is 2. The third-order valence-corrected chi connectivity index (χ3v) is 3.08. The summed E-state index contributed by atoms with van der Waals surface area (Å²) in [6.07, 6.45) is 2.52. The summed E-state index contributed by atoms with van der Waals surface area (Å²) in [5, 5.41) is 0.184. The van der Waals surface area contributed by atoms with Crippen LogP contribution in [0.2, 0.25) is 5.02 Å². The summed E-state index contributed by atoms with van der Waals surface area (Å²) < 4.78 is 0. The number of carbonyl (C=O) groups excluding carboxylic acids is 2. The predicted octanol–water partition coefficient (Wildman–Crippen LogP) is 2.02. The minimum absolute atomic E-state index is 0.100. The molecule has 96 valence electrons. The standard InChI is InChI=1S/C12H14ClN3O2/c1-7(2)11-14-6-8(13)10(15-11)12(18)16-5-3-4-9(16)17/h6-7H,3-5H2,1-2H3. The largest absolute Gasteiger partial charge is 0.280 e. The van der Waals surface area contributed by atoms with Gasteiger partial charge in [-0.25, -0.2) is 9.97 Å². The van der Waals surface area contributed by atoms with Gasteiger partial charge in [-0.05, 0) is 6.42 Å². The van der Waals surface area contributed by atoms with Crippen LogP contribution in [0, 0.1) is 0 Å². The molecular formula is C12H14ClN3O2. The van der Waals surface area contributed by atoms with Gasteiger partial charge in [0.15, 0.2) is 5.69 Å². The average Bonchev–Trinajstić information content (AvgIpc) is 2.75. The molecule has 6 heteroatoms. The van der Waals surface area contributed by atoms with E-state index in [0.717, 1.165) is 0 Å².